The average Bonchev–Trinajstić information content (AvgIpc) is 3.22. The molecule has 0 fully saturated rings. The van der Waals surface area contributed by atoms with E-state index >= 15 is 0 Å². The Morgan fingerprint density at radius 2 is 1.52 bits per heavy atom. The van der Waals surface area contributed by atoms with E-state index in [0.717, 1.165) is 28.6 Å². The molecule has 0 bridgehead atoms. The Labute approximate surface area is 158 Å². The molecule has 4 rings (SSSR count). The number of benzene rings is 3. The van der Waals surface area contributed by atoms with Crippen molar-refractivity contribution in [3.8, 4) is 5.69 Å². The first-order chi connectivity index (χ1) is 13.3. The zero-order chi connectivity index (χ0) is 18.5. The summed E-state index contributed by atoms with van der Waals surface area (Å²) in [4.78, 5) is 2.16. The largest absolute Gasteiger partial charge is 0.376 e. The Morgan fingerprint density at radius 3 is 2.30 bits per heavy atom. The number of nitrogens with one attached hydrogen (secondary N) is 1. The molecule has 0 aliphatic rings. The summed E-state index contributed by atoms with van der Waals surface area (Å²) in [5.41, 5.74) is 4.17. The Bertz CT molecular complexity index is 997. The fraction of sp³-hybridized carbons (Fsp3) is 0.0952. The number of rotatable bonds is 6. The molecule has 0 unspecified atom stereocenters. The molecule has 27 heavy (non-hydrogen) atoms. The normalized spacial score (nSPS) is 10.6. The van der Waals surface area contributed by atoms with Crippen LogP contribution in [0.15, 0.2) is 84.9 Å². The highest BCUT2D eigenvalue weighted by Gasteiger charge is 2.11. The number of para-hydroxylation sites is 4. The van der Waals surface area contributed by atoms with Gasteiger partial charge in [0.1, 0.15) is 0 Å². The molecule has 0 spiro atoms. The Balaban J connectivity index is 1.56. The first-order valence-electron chi connectivity index (χ1n) is 8.77. The molecule has 134 valence electrons. The van der Waals surface area contributed by atoms with Gasteiger partial charge in [0.15, 0.2) is 5.82 Å². The van der Waals surface area contributed by atoms with Crippen molar-refractivity contribution in [2.24, 2.45) is 0 Å². The lowest BCUT2D eigenvalue weighted by atomic mass is 10.2. The van der Waals surface area contributed by atoms with Crippen molar-refractivity contribution >= 4 is 17.1 Å². The van der Waals surface area contributed by atoms with Crippen molar-refractivity contribution < 1.29 is 0 Å². The summed E-state index contributed by atoms with van der Waals surface area (Å²) >= 11 is 0. The van der Waals surface area contributed by atoms with E-state index in [1.165, 1.54) is 0 Å². The van der Waals surface area contributed by atoms with Crippen molar-refractivity contribution in [1.29, 1.82) is 0 Å². The van der Waals surface area contributed by atoms with Crippen molar-refractivity contribution in [3.63, 3.8) is 0 Å². The highest BCUT2D eigenvalue weighted by Crippen LogP contribution is 2.30. The molecular formula is C21H20N6. The minimum Gasteiger partial charge on any atom is -0.376 e. The van der Waals surface area contributed by atoms with Gasteiger partial charge in [-0.05, 0) is 46.8 Å². The van der Waals surface area contributed by atoms with Crippen LogP contribution in [0, 0.1) is 0 Å². The van der Waals surface area contributed by atoms with Crippen LogP contribution in [0.1, 0.15) is 5.82 Å². The highest BCUT2D eigenvalue weighted by molar-refractivity contribution is 5.75. The van der Waals surface area contributed by atoms with E-state index in [1.54, 1.807) is 4.68 Å². The lowest BCUT2D eigenvalue weighted by molar-refractivity contribution is 0.768. The zero-order valence-corrected chi connectivity index (χ0v) is 15.0. The van der Waals surface area contributed by atoms with Crippen LogP contribution in [0.5, 0.6) is 0 Å². The van der Waals surface area contributed by atoms with Crippen LogP contribution >= 0.6 is 0 Å². The third-order valence-corrected chi connectivity index (χ3v) is 4.38. The van der Waals surface area contributed by atoms with E-state index in [0.29, 0.717) is 6.54 Å². The topological polar surface area (TPSA) is 58.9 Å². The quantitative estimate of drug-likeness (QED) is 0.565. The van der Waals surface area contributed by atoms with Gasteiger partial charge in [0, 0.05) is 12.7 Å². The molecule has 3 aromatic carbocycles. The fourth-order valence-corrected chi connectivity index (χ4v) is 2.97. The van der Waals surface area contributed by atoms with Crippen LogP contribution < -0.4 is 10.2 Å². The number of anilines is 3. The molecular weight excluding hydrogens is 336 g/mol. The van der Waals surface area contributed by atoms with Gasteiger partial charge in [-0.15, -0.1) is 5.10 Å². The van der Waals surface area contributed by atoms with Gasteiger partial charge in [-0.1, -0.05) is 48.5 Å². The standard InChI is InChI=1S/C21H20N6/c1-26(17-10-4-2-5-11-17)20-15-9-8-14-19(20)22-16-21-23-24-25-27(21)18-12-6-3-7-13-18/h2-15,22H,16H2,1H3. The van der Waals surface area contributed by atoms with Gasteiger partial charge >= 0.3 is 0 Å². The van der Waals surface area contributed by atoms with Gasteiger partial charge in [0.2, 0.25) is 0 Å². The second-order valence-corrected chi connectivity index (χ2v) is 6.11. The summed E-state index contributed by atoms with van der Waals surface area (Å²) in [5, 5.41) is 15.6. The maximum absolute atomic E-state index is 4.17. The van der Waals surface area contributed by atoms with Crippen LogP contribution in [-0.4, -0.2) is 27.3 Å². The van der Waals surface area contributed by atoms with Gasteiger partial charge in [-0.2, -0.15) is 4.68 Å². The van der Waals surface area contributed by atoms with Crippen molar-refractivity contribution in [2.75, 3.05) is 17.3 Å². The van der Waals surface area contributed by atoms with Gasteiger partial charge in [-0.3, -0.25) is 0 Å². The van der Waals surface area contributed by atoms with E-state index in [9.17, 15) is 0 Å². The molecule has 1 aromatic heterocycles. The van der Waals surface area contributed by atoms with Crippen LogP contribution in [0.2, 0.25) is 0 Å². The average molecular weight is 356 g/mol. The molecule has 1 heterocycles. The van der Waals surface area contributed by atoms with Crippen LogP contribution in [0.4, 0.5) is 17.1 Å². The summed E-state index contributed by atoms with van der Waals surface area (Å²) in [7, 11) is 2.06. The van der Waals surface area contributed by atoms with Gasteiger partial charge < -0.3 is 10.2 Å². The minimum atomic E-state index is 0.515. The molecule has 0 aliphatic carbocycles. The van der Waals surface area contributed by atoms with E-state index < -0.39 is 0 Å². The first kappa shape index (κ1) is 16.8. The van der Waals surface area contributed by atoms with Crippen LogP contribution in [0.3, 0.4) is 0 Å². The molecule has 0 atom stereocenters. The lowest BCUT2D eigenvalue weighted by Gasteiger charge is -2.23. The number of tetrazole rings is 1. The van der Waals surface area contributed by atoms with E-state index in [4.69, 9.17) is 0 Å². The number of aromatic nitrogens is 4. The summed E-state index contributed by atoms with van der Waals surface area (Å²) in [5.74, 6) is 0.748. The summed E-state index contributed by atoms with van der Waals surface area (Å²) in [6.45, 7) is 0.515. The maximum Gasteiger partial charge on any atom is 0.175 e. The molecule has 0 radical (unpaired) electrons. The molecule has 6 heteroatoms. The number of nitrogens with zero attached hydrogens (tertiary/aromatic N) is 5. The second-order valence-electron chi connectivity index (χ2n) is 6.11. The number of hydrogen-bond acceptors (Lipinski definition) is 5. The lowest BCUT2D eigenvalue weighted by Crippen LogP contribution is -2.14. The fourth-order valence-electron chi connectivity index (χ4n) is 2.97. The molecule has 4 aromatic rings. The van der Waals surface area contributed by atoms with Crippen molar-refractivity contribution in [1.82, 2.24) is 20.2 Å². The van der Waals surface area contributed by atoms with Crippen LogP contribution in [0.25, 0.3) is 5.69 Å². The Kier molecular flexibility index (Phi) is 4.78. The Morgan fingerprint density at radius 1 is 0.852 bits per heavy atom. The highest BCUT2D eigenvalue weighted by atomic mass is 15.5. The van der Waals surface area contributed by atoms with E-state index in [2.05, 4.69) is 57.1 Å². The molecule has 0 saturated carbocycles. The van der Waals surface area contributed by atoms with Crippen molar-refractivity contribution in [3.05, 3.63) is 90.8 Å². The molecule has 6 nitrogen and oxygen atoms in total. The predicted molar refractivity (Wildman–Crippen MR) is 107 cm³/mol. The van der Waals surface area contributed by atoms with E-state index in [-0.39, 0.29) is 0 Å². The SMILES string of the molecule is CN(c1ccccc1)c1ccccc1NCc1nnnn1-c1ccccc1. The molecule has 1 N–H and O–H groups in total. The van der Waals surface area contributed by atoms with Crippen molar-refractivity contribution in [2.45, 2.75) is 6.54 Å². The summed E-state index contributed by atoms with van der Waals surface area (Å²) in [6, 6.07) is 28.4. The first-order valence-corrected chi connectivity index (χ1v) is 8.77. The van der Waals surface area contributed by atoms with Gasteiger partial charge in [-0.25, -0.2) is 0 Å². The molecule has 0 saturated heterocycles. The third-order valence-electron chi connectivity index (χ3n) is 4.38. The molecule has 0 amide bonds. The summed E-state index contributed by atoms with van der Waals surface area (Å²) < 4.78 is 1.75. The smallest absolute Gasteiger partial charge is 0.175 e. The van der Waals surface area contributed by atoms with Gasteiger partial charge in [0.05, 0.1) is 23.6 Å². The van der Waals surface area contributed by atoms with Gasteiger partial charge in [0.25, 0.3) is 0 Å². The third kappa shape index (κ3) is 3.64. The number of hydrogen-bond donors (Lipinski definition) is 1. The Hall–Kier alpha value is -3.67. The molecule has 0 aliphatic heterocycles. The zero-order valence-electron chi connectivity index (χ0n) is 15.0. The maximum atomic E-state index is 4.17. The minimum absolute atomic E-state index is 0.515. The van der Waals surface area contributed by atoms with Crippen LogP contribution in [-0.2, 0) is 6.54 Å². The van der Waals surface area contributed by atoms with E-state index in [1.807, 2.05) is 60.7 Å². The second kappa shape index (κ2) is 7.70. The monoisotopic (exact) mass is 356 g/mol. The summed E-state index contributed by atoms with van der Waals surface area (Å²) in [6.07, 6.45) is 0. The predicted octanol–water partition coefficient (Wildman–Crippen LogP) is 4.04.